The van der Waals surface area contributed by atoms with E-state index < -0.39 is 0 Å². The number of nitrogens with zero attached hydrogens (tertiary/aromatic N) is 1. The lowest BCUT2D eigenvalue weighted by Gasteiger charge is -2.21. The second-order valence-corrected chi connectivity index (χ2v) is 6.20. The maximum Gasteiger partial charge on any atom is 0.0705 e. The monoisotopic (exact) mass is 388 g/mol. The first-order valence-electron chi connectivity index (χ1n) is 6.98. The fourth-order valence-electron chi connectivity index (χ4n) is 2.75. The maximum absolute atomic E-state index is 4.46. The second-order valence-electron chi connectivity index (χ2n) is 5.12. The highest BCUT2D eigenvalue weighted by molar-refractivity contribution is 14.1. The van der Waals surface area contributed by atoms with Gasteiger partial charge in [0.15, 0.2) is 0 Å². The number of benzene rings is 2. The van der Waals surface area contributed by atoms with E-state index in [1.54, 1.807) is 0 Å². The van der Waals surface area contributed by atoms with E-state index in [0.717, 1.165) is 5.52 Å². The zero-order valence-corrected chi connectivity index (χ0v) is 14.3. The lowest BCUT2D eigenvalue weighted by Crippen LogP contribution is -2.19. The van der Waals surface area contributed by atoms with Gasteiger partial charge in [-0.15, -0.1) is 0 Å². The molecule has 0 aliphatic rings. The molecule has 0 radical (unpaired) electrons. The van der Waals surface area contributed by atoms with Gasteiger partial charge in [0.2, 0.25) is 0 Å². The van der Waals surface area contributed by atoms with Gasteiger partial charge in [0.25, 0.3) is 0 Å². The van der Waals surface area contributed by atoms with E-state index >= 15 is 0 Å². The Labute approximate surface area is 138 Å². The number of hydrogen-bond acceptors (Lipinski definition) is 2. The predicted molar refractivity (Wildman–Crippen MR) is 96.5 cm³/mol. The molecular weight excluding hydrogens is 371 g/mol. The van der Waals surface area contributed by atoms with Crippen LogP contribution in [0.4, 0.5) is 0 Å². The van der Waals surface area contributed by atoms with Crippen LogP contribution in [0, 0.1) is 10.5 Å². The van der Waals surface area contributed by atoms with Crippen LogP contribution in [-0.2, 0) is 0 Å². The Morgan fingerprint density at radius 3 is 2.57 bits per heavy atom. The number of hydrogen-bond donors (Lipinski definition) is 1. The van der Waals surface area contributed by atoms with Gasteiger partial charge in [0, 0.05) is 15.2 Å². The third-order valence-electron chi connectivity index (χ3n) is 3.81. The second kappa shape index (κ2) is 6.12. The molecule has 0 spiro atoms. The normalized spacial score (nSPS) is 12.5. The van der Waals surface area contributed by atoms with Gasteiger partial charge >= 0.3 is 0 Å². The molecule has 1 N–H and O–H groups in total. The molecule has 0 amide bonds. The van der Waals surface area contributed by atoms with Crippen LogP contribution in [0.5, 0.6) is 0 Å². The van der Waals surface area contributed by atoms with Crippen LogP contribution in [0.2, 0.25) is 0 Å². The Balaban J connectivity index is 2.21. The molecule has 1 heterocycles. The molecule has 0 bridgehead atoms. The van der Waals surface area contributed by atoms with Crippen LogP contribution in [0.3, 0.4) is 0 Å². The SMILES string of the molecule is CNC(c1cccc(C)c1I)c1cccc2ncccc12. The summed E-state index contributed by atoms with van der Waals surface area (Å²) in [4.78, 5) is 4.46. The summed E-state index contributed by atoms with van der Waals surface area (Å²) < 4.78 is 1.32. The molecule has 0 saturated heterocycles. The molecule has 106 valence electrons. The molecule has 1 aromatic heterocycles. The Morgan fingerprint density at radius 1 is 1.00 bits per heavy atom. The summed E-state index contributed by atoms with van der Waals surface area (Å²) in [5.74, 6) is 0. The minimum absolute atomic E-state index is 0.171. The topological polar surface area (TPSA) is 24.9 Å². The molecule has 1 atom stereocenters. The summed E-state index contributed by atoms with van der Waals surface area (Å²) in [6.45, 7) is 2.16. The van der Waals surface area contributed by atoms with Gasteiger partial charge in [-0.3, -0.25) is 4.98 Å². The van der Waals surface area contributed by atoms with Gasteiger partial charge in [-0.05, 0) is 65.4 Å². The molecular formula is C18H17IN2. The molecule has 0 aliphatic heterocycles. The first kappa shape index (κ1) is 14.5. The number of nitrogens with one attached hydrogen (secondary N) is 1. The van der Waals surface area contributed by atoms with Gasteiger partial charge in [0.1, 0.15) is 0 Å². The largest absolute Gasteiger partial charge is 0.309 e. The Hall–Kier alpha value is -1.46. The molecule has 0 fully saturated rings. The lowest BCUT2D eigenvalue weighted by molar-refractivity contribution is 0.692. The molecule has 3 aromatic rings. The van der Waals surface area contributed by atoms with Crippen LogP contribution in [-0.4, -0.2) is 12.0 Å². The van der Waals surface area contributed by atoms with Crippen LogP contribution >= 0.6 is 22.6 Å². The van der Waals surface area contributed by atoms with Crippen molar-refractivity contribution >= 4 is 33.5 Å². The van der Waals surface area contributed by atoms with Crippen molar-refractivity contribution in [3.8, 4) is 0 Å². The van der Waals surface area contributed by atoms with Gasteiger partial charge in [0.05, 0.1) is 11.6 Å². The quantitative estimate of drug-likeness (QED) is 0.671. The van der Waals surface area contributed by atoms with Gasteiger partial charge in [-0.25, -0.2) is 0 Å². The van der Waals surface area contributed by atoms with E-state index in [1.807, 2.05) is 19.3 Å². The van der Waals surface area contributed by atoms with Crippen molar-refractivity contribution in [3.05, 3.63) is 75.0 Å². The summed E-state index contributed by atoms with van der Waals surface area (Å²) >= 11 is 2.44. The van der Waals surface area contributed by atoms with Crippen molar-refractivity contribution in [2.75, 3.05) is 7.05 Å². The predicted octanol–water partition coefficient (Wildman–Crippen LogP) is 4.46. The van der Waals surface area contributed by atoms with Crippen LogP contribution in [0.15, 0.2) is 54.7 Å². The van der Waals surface area contributed by atoms with Gasteiger partial charge in [-0.1, -0.05) is 36.4 Å². The highest BCUT2D eigenvalue weighted by Gasteiger charge is 2.18. The zero-order chi connectivity index (χ0) is 14.8. The van der Waals surface area contributed by atoms with Crippen molar-refractivity contribution in [1.29, 1.82) is 0 Å². The molecule has 1 unspecified atom stereocenters. The van der Waals surface area contributed by atoms with Crippen LogP contribution < -0.4 is 5.32 Å². The van der Waals surface area contributed by atoms with E-state index in [9.17, 15) is 0 Å². The van der Waals surface area contributed by atoms with Gasteiger partial charge < -0.3 is 5.32 Å². The highest BCUT2D eigenvalue weighted by atomic mass is 127. The third kappa shape index (κ3) is 2.68. The number of aryl methyl sites for hydroxylation is 1. The number of pyridine rings is 1. The summed E-state index contributed by atoms with van der Waals surface area (Å²) in [5, 5.41) is 4.67. The number of fused-ring (bicyclic) bond motifs is 1. The summed E-state index contributed by atoms with van der Waals surface area (Å²) in [6.07, 6.45) is 1.84. The molecule has 0 aliphatic carbocycles. The third-order valence-corrected chi connectivity index (χ3v) is 5.29. The van der Waals surface area contributed by atoms with Crippen molar-refractivity contribution in [3.63, 3.8) is 0 Å². The molecule has 2 aromatic carbocycles. The Bertz CT molecular complexity index is 778. The zero-order valence-electron chi connectivity index (χ0n) is 12.1. The van der Waals surface area contributed by atoms with Crippen LogP contribution in [0.1, 0.15) is 22.7 Å². The molecule has 3 rings (SSSR count). The minimum atomic E-state index is 0.171. The first-order chi connectivity index (χ1) is 10.2. The van der Waals surface area contributed by atoms with E-state index in [4.69, 9.17) is 0 Å². The van der Waals surface area contributed by atoms with Crippen LogP contribution in [0.25, 0.3) is 10.9 Å². The average Bonchev–Trinajstić information content (AvgIpc) is 2.52. The Morgan fingerprint density at radius 2 is 1.76 bits per heavy atom. The number of aromatic nitrogens is 1. The smallest absolute Gasteiger partial charge is 0.0705 e. The molecule has 3 heteroatoms. The van der Waals surface area contributed by atoms with Crippen molar-refractivity contribution in [2.24, 2.45) is 0 Å². The van der Waals surface area contributed by atoms with Crippen molar-refractivity contribution in [1.82, 2.24) is 10.3 Å². The fourth-order valence-corrected chi connectivity index (χ4v) is 3.42. The van der Waals surface area contributed by atoms with E-state index in [1.165, 1.54) is 25.6 Å². The van der Waals surface area contributed by atoms with E-state index in [-0.39, 0.29) is 6.04 Å². The average molecular weight is 388 g/mol. The number of halogens is 1. The highest BCUT2D eigenvalue weighted by Crippen LogP contribution is 2.31. The van der Waals surface area contributed by atoms with E-state index in [0.29, 0.717) is 0 Å². The Kier molecular flexibility index (Phi) is 4.22. The van der Waals surface area contributed by atoms with Gasteiger partial charge in [-0.2, -0.15) is 0 Å². The van der Waals surface area contributed by atoms with Crippen molar-refractivity contribution < 1.29 is 0 Å². The standard InChI is InChI=1S/C18H17IN2/c1-12-6-3-8-15(17(12)19)18(20-2)14-7-4-10-16-13(14)9-5-11-21-16/h3-11,18,20H,1-2H3. The van der Waals surface area contributed by atoms with E-state index in [2.05, 4.69) is 82.3 Å². The minimum Gasteiger partial charge on any atom is -0.309 e. The molecule has 21 heavy (non-hydrogen) atoms. The number of rotatable bonds is 3. The maximum atomic E-state index is 4.46. The first-order valence-corrected chi connectivity index (χ1v) is 8.06. The molecule has 0 saturated carbocycles. The summed E-state index contributed by atoms with van der Waals surface area (Å²) in [5.41, 5.74) is 4.94. The lowest BCUT2D eigenvalue weighted by atomic mass is 9.94. The summed E-state index contributed by atoms with van der Waals surface area (Å²) in [7, 11) is 2.01. The molecule has 2 nitrogen and oxygen atoms in total. The fraction of sp³-hybridized carbons (Fsp3) is 0.167. The summed E-state index contributed by atoms with van der Waals surface area (Å²) in [6, 6.07) is 17.1. The van der Waals surface area contributed by atoms with Crippen molar-refractivity contribution in [2.45, 2.75) is 13.0 Å².